The molecule has 0 radical (unpaired) electrons. The van der Waals surface area contributed by atoms with Crippen molar-refractivity contribution in [2.24, 2.45) is 23.7 Å². The molecule has 30 heavy (non-hydrogen) atoms. The molecule has 2 fully saturated rings. The van der Waals surface area contributed by atoms with E-state index in [4.69, 9.17) is 0 Å². The summed E-state index contributed by atoms with van der Waals surface area (Å²) in [5.74, 6) is 3.04. The molecule has 1 heterocycles. The van der Waals surface area contributed by atoms with Gasteiger partial charge < -0.3 is 4.90 Å². The summed E-state index contributed by atoms with van der Waals surface area (Å²) in [4.78, 5) is 2.55. The van der Waals surface area contributed by atoms with Gasteiger partial charge in [0.05, 0.1) is 10.5 Å². The van der Waals surface area contributed by atoms with Crippen molar-refractivity contribution in [2.45, 2.75) is 84.3 Å². The van der Waals surface area contributed by atoms with E-state index in [1.807, 2.05) is 20.8 Å². The smallest absolute Gasteiger partial charge is 0.155 e. The quantitative estimate of drug-likeness (QED) is 0.542. The Morgan fingerprint density at radius 2 is 1.43 bits per heavy atom. The Balaban J connectivity index is 1.44. The lowest BCUT2D eigenvalue weighted by molar-refractivity contribution is 0.278. The van der Waals surface area contributed by atoms with Crippen molar-refractivity contribution in [2.75, 3.05) is 23.7 Å². The first-order valence-electron chi connectivity index (χ1n) is 12.1. The predicted octanol–water partition coefficient (Wildman–Crippen LogP) is 6.12. The van der Waals surface area contributed by atoms with Crippen LogP contribution in [0, 0.1) is 23.7 Å². The largest absolute Gasteiger partial charge is 0.371 e. The summed E-state index contributed by atoms with van der Waals surface area (Å²) in [6.07, 6.45) is 8.24. The molecule has 1 aliphatic carbocycles. The molecule has 0 bridgehead atoms. The van der Waals surface area contributed by atoms with Gasteiger partial charge in [0.2, 0.25) is 0 Å². The standard InChI is InChI=1S/C26H43NO2S/c1-20-16-21(2)18-27(17-20)25-14-12-23(13-15-25)7-6-22-8-10-24(11-9-22)19-30(28,29)26(3,4)5/h12-15,20-22,24H,6-11,16-19H2,1-5H3/t20-,21+,22?,24?. The van der Waals surface area contributed by atoms with Crippen LogP contribution in [0.3, 0.4) is 0 Å². The van der Waals surface area contributed by atoms with Gasteiger partial charge in [-0.05, 0) is 94.2 Å². The van der Waals surface area contributed by atoms with Crippen LogP contribution in [0.4, 0.5) is 5.69 Å². The summed E-state index contributed by atoms with van der Waals surface area (Å²) in [7, 11) is -2.99. The highest BCUT2D eigenvalue weighted by Crippen LogP contribution is 2.34. The molecule has 0 amide bonds. The SMILES string of the molecule is C[C@@H]1C[C@H](C)CN(c2ccc(CCC3CCC(CS(=O)(=O)C(C)(C)C)CC3)cc2)C1. The third-order valence-electron chi connectivity index (χ3n) is 7.37. The summed E-state index contributed by atoms with van der Waals surface area (Å²) in [5.41, 5.74) is 2.81. The lowest BCUT2D eigenvalue weighted by Crippen LogP contribution is -2.38. The molecule has 1 aromatic carbocycles. The van der Waals surface area contributed by atoms with Crippen molar-refractivity contribution < 1.29 is 8.42 Å². The molecular formula is C26H43NO2S. The van der Waals surface area contributed by atoms with E-state index in [-0.39, 0.29) is 0 Å². The fourth-order valence-corrected chi connectivity index (χ4v) is 6.82. The van der Waals surface area contributed by atoms with Gasteiger partial charge in [0.15, 0.2) is 9.84 Å². The Bertz CT molecular complexity index is 760. The average molecular weight is 434 g/mol. The second-order valence-electron chi connectivity index (χ2n) is 11.3. The molecular weight excluding hydrogens is 390 g/mol. The fraction of sp³-hybridized carbons (Fsp3) is 0.769. The molecule has 0 aromatic heterocycles. The fourth-order valence-electron chi connectivity index (χ4n) is 5.37. The van der Waals surface area contributed by atoms with Gasteiger partial charge in [0.25, 0.3) is 0 Å². The number of benzene rings is 1. The number of sulfone groups is 1. The molecule has 0 N–H and O–H groups in total. The molecule has 1 saturated heterocycles. The van der Waals surface area contributed by atoms with Crippen molar-refractivity contribution in [1.82, 2.24) is 0 Å². The number of rotatable bonds is 6. The predicted molar refractivity (Wildman–Crippen MR) is 129 cm³/mol. The van der Waals surface area contributed by atoms with Crippen LogP contribution in [0.5, 0.6) is 0 Å². The number of hydrogen-bond donors (Lipinski definition) is 0. The van der Waals surface area contributed by atoms with Crippen LogP contribution < -0.4 is 4.90 Å². The zero-order valence-corrected chi connectivity index (χ0v) is 20.7. The van der Waals surface area contributed by atoms with Crippen LogP contribution in [-0.4, -0.2) is 32.0 Å². The Morgan fingerprint density at radius 1 is 0.900 bits per heavy atom. The van der Waals surface area contributed by atoms with Gasteiger partial charge in [0, 0.05) is 18.8 Å². The minimum Gasteiger partial charge on any atom is -0.371 e. The first-order chi connectivity index (χ1) is 14.0. The number of anilines is 1. The molecule has 4 heteroatoms. The van der Waals surface area contributed by atoms with E-state index in [1.165, 1.54) is 50.0 Å². The Morgan fingerprint density at radius 3 is 1.97 bits per heavy atom. The minimum atomic E-state index is -2.99. The highest BCUT2D eigenvalue weighted by Gasteiger charge is 2.33. The van der Waals surface area contributed by atoms with E-state index in [0.717, 1.165) is 37.0 Å². The second kappa shape index (κ2) is 9.63. The Kier molecular flexibility index (Phi) is 7.58. The lowest BCUT2D eigenvalue weighted by atomic mass is 9.80. The topological polar surface area (TPSA) is 37.4 Å². The zero-order chi connectivity index (χ0) is 21.9. The third-order valence-corrected chi connectivity index (χ3v) is 10.1. The van der Waals surface area contributed by atoms with Crippen LogP contribution in [0.25, 0.3) is 0 Å². The van der Waals surface area contributed by atoms with Crippen LogP contribution >= 0.6 is 0 Å². The van der Waals surface area contributed by atoms with E-state index in [0.29, 0.717) is 11.7 Å². The summed E-state index contributed by atoms with van der Waals surface area (Å²) < 4.78 is 24.3. The van der Waals surface area contributed by atoms with E-state index < -0.39 is 14.6 Å². The third kappa shape index (κ3) is 6.24. The molecule has 0 spiro atoms. The molecule has 1 aromatic rings. The van der Waals surface area contributed by atoms with Crippen LogP contribution in [-0.2, 0) is 16.3 Å². The molecule has 1 aliphatic heterocycles. The van der Waals surface area contributed by atoms with Gasteiger partial charge in [-0.25, -0.2) is 8.42 Å². The molecule has 3 rings (SSSR count). The molecule has 2 atom stereocenters. The summed E-state index contributed by atoms with van der Waals surface area (Å²) in [6.45, 7) is 12.6. The van der Waals surface area contributed by atoms with E-state index >= 15 is 0 Å². The van der Waals surface area contributed by atoms with Crippen molar-refractivity contribution in [1.29, 1.82) is 0 Å². The van der Waals surface area contributed by atoms with E-state index in [1.54, 1.807) is 0 Å². The number of aryl methyl sites for hydroxylation is 1. The number of piperidine rings is 1. The van der Waals surface area contributed by atoms with Crippen LogP contribution in [0.1, 0.15) is 78.7 Å². The van der Waals surface area contributed by atoms with Gasteiger partial charge in [-0.15, -0.1) is 0 Å². The van der Waals surface area contributed by atoms with Gasteiger partial charge in [-0.1, -0.05) is 38.8 Å². The van der Waals surface area contributed by atoms with Crippen LogP contribution in [0.2, 0.25) is 0 Å². The molecule has 1 saturated carbocycles. The van der Waals surface area contributed by atoms with Gasteiger partial charge in [-0.3, -0.25) is 0 Å². The molecule has 0 unspecified atom stereocenters. The summed E-state index contributed by atoms with van der Waals surface area (Å²) >= 11 is 0. The summed E-state index contributed by atoms with van der Waals surface area (Å²) in [5, 5.41) is 0. The normalized spacial score (nSPS) is 28.5. The minimum absolute atomic E-state index is 0.360. The average Bonchev–Trinajstić information content (AvgIpc) is 2.66. The number of nitrogens with zero attached hydrogens (tertiary/aromatic N) is 1. The first-order valence-corrected chi connectivity index (χ1v) is 13.7. The maximum absolute atomic E-state index is 12.5. The maximum Gasteiger partial charge on any atom is 0.155 e. The Labute approximate surface area is 185 Å². The van der Waals surface area contributed by atoms with Crippen LogP contribution in [0.15, 0.2) is 24.3 Å². The van der Waals surface area contributed by atoms with E-state index in [2.05, 4.69) is 43.0 Å². The van der Waals surface area contributed by atoms with Crippen molar-refractivity contribution in [3.63, 3.8) is 0 Å². The number of hydrogen-bond acceptors (Lipinski definition) is 3. The van der Waals surface area contributed by atoms with Gasteiger partial charge >= 0.3 is 0 Å². The highest BCUT2D eigenvalue weighted by atomic mass is 32.2. The van der Waals surface area contributed by atoms with Crippen molar-refractivity contribution >= 4 is 15.5 Å². The Hall–Kier alpha value is -1.03. The molecule has 170 valence electrons. The zero-order valence-electron chi connectivity index (χ0n) is 19.9. The van der Waals surface area contributed by atoms with Gasteiger partial charge in [0.1, 0.15) is 0 Å². The first kappa shape index (κ1) is 23.6. The van der Waals surface area contributed by atoms with Gasteiger partial charge in [-0.2, -0.15) is 0 Å². The monoisotopic (exact) mass is 433 g/mol. The summed E-state index contributed by atoms with van der Waals surface area (Å²) in [6, 6.07) is 9.27. The highest BCUT2D eigenvalue weighted by molar-refractivity contribution is 7.92. The molecule has 2 aliphatic rings. The molecule has 3 nitrogen and oxygen atoms in total. The lowest BCUT2D eigenvalue weighted by Gasteiger charge is -2.36. The maximum atomic E-state index is 12.5. The second-order valence-corrected chi connectivity index (χ2v) is 14.1. The van der Waals surface area contributed by atoms with Crippen molar-refractivity contribution in [3.8, 4) is 0 Å². The van der Waals surface area contributed by atoms with Crippen molar-refractivity contribution in [3.05, 3.63) is 29.8 Å². The van der Waals surface area contributed by atoms with E-state index in [9.17, 15) is 8.42 Å².